The van der Waals surface area contributed by atoms with E-state index in [2.05, 4.69) is 19.8 Å². The van der Waals surface area contributed by atoms with Gasteiger partial charge in [0.1, 0.15) is 23.9 Å². The molecule has 1 aliphatic heterocycles. The lowest BCUT2D eigenvalue weighted by atomic mass is 9.93. The third-order valence-electron chi connectivity index (χ3n) is 8.04. The first-order valence-corrected chi connectivity index (χ1v) is 14.6. The number of rotatable bonds is 11. The number of halogens is 1. The predicted octanol–water partition coefficient (Wildman–Crippen LogP) is 4.67. The Morgan fingerprint density at radius 1 is 1.09 bits per heavy atom. The number of methoxy groups -OCH3 is 1. The van der Waals surface area contributed by atoms with Crippen LogP contribution >= 0.6 is 0 Å². The normalized spacial score (nSPS) is 14.3. The molecule has 0 spiro atoms. The largest absolute Gasteiger partial charge is 0.478 e. The molecular weight excluding hydrogens is 565 g/mol. The van der Waals surface area contributed by atoms with Crippen molar-refractivity contribution in [3.8, 4) is 17.1 Å². The van der Waals surface area contributed by atoms with Crippen molar-refractivity contribution in [2.75, 3.05) is 26.8 Å². The van der Waals surface area contributed by atoms with E-state index in [0.29, 0.717) is 42.4 Å². The van der Waals surface area contributed by atoms with Crippen molar-refractivity contribution in [3.63, 3.8) is 0 Å². The zero-order chi connectivity index (χ0) is 30.6. The fourth-order valence-electron chi connectivity index (χ4n) is 5.64. The Morgan fingerprint density at radius 3 is 2.66 bits per heavy atom. The Bertz CT molecular complexity index is 1780. The fourth-order valence-corrected chi connectivity index (χ4v) is 5.64. The number of piperidine rings is 1. The lowest BCUT2D eigenvalue weighted by Crippen LogP contribution is -2.33. The maximum absolute atomic E-state index is 14.8. The number of likely N-dealkylation sites (tertiary alicyclic amines) is 1. The van der Waals surface area contributed by atoms with E-state index >= 15 is 0 Å². The molecule has 1 aliphatic rings. The third kappa shape index (κ3) is 6.46. The second-order valence-electron chi connectivity index (χ2n) is 11.0. The third-order valence-corrected chi connectivity index (χ3v) is 8.04. The van der Waals surface area contributed by atoms with Crippen LogP contribution in [0.25, 0.3) is 22.3 Å². The van der Waals surface area contributed by atoms with E-state index < -0.39 is 5.97 Å². The number of pyridine rings is 1. The zero-order valence-corrected chi connectivity index (χ0v) is 24.7. The van der Waals surface area contributed by atoms with Gasteiger partial charge < -0.3 is 19.1 Å². The number of hydrogen-bond donors (Lipinski definition) is 1. The average Bonchev–Trinajstić information content (AvgIpc) is 3.62. The minimum Gasteiger partial charge on any atom is -0.478 e. The lowest BCUT2D eigenvalue weighted by Gasteiger charge is -2.31. The number of fused-ring (bicyclic) bond motifs is 1. The molecule has 44 heavy (non-hydrogen) atoms. The van der Waals surface area contributed by atoms with Gasteiger partial charge in [-0.25, -0.2) is 19.2 Å². The molecule has 1 saturated heterocycles. The summed E-state index contributed by atoms with van der Waals surface area (Å²) in [6, 6.07) is 15.7. The monoisotopic (exact) mass is 599 g/mol. The first kappa shape index (κ1) is 29.4. The summed E-state index contributed by atoms with van der Waals surface area (Å²) in [5.74, 6) is 0.315. The summed E-state index contributed by atoms with van der Waals surface area (Å²) in [5, 5.41) is 17.4. The molecule has 0 unspecified atom stereocenters. The number of carboxylic acid groups (broad SMARTS) is 1. The first-order valence-electron chi connectivity index (χ1n) is 14.6. The molecule has 11 nitrogen and oxygen atoms in total. The summed E-state index contributed by atoms with van der Waals surface area (Å²) in [7, 11) is 3.42. The number of nitrogens with zero attached hydrogens (tertiary/aromatic N) is 7. The van der Waals surface area contributed by atoms with Crippen molar-refractivity contribution in [1.82, 2.24) is 34.4 Å². The molecule has 2 aromatic carbocycles. The quantitative estimate of drug-likeness (QED) is 0.231. The number of benzene rings is 2. The zero-order valence-electron chi connectivity index (χ0n) is 24.7. The molecule has 0 bridgehead atoms. The molecule has 3 aromatic heterocycles. The smallest absolute Gasteiger partial charge is 0.335 e. The van der Waals surface area contributed by atoms with Crippen LogP contribution in [0.1, 0.15) is 46.2 Å². The Balaban J connectivity index is 1.07. The molecule has 1 N–H and O–H groups in total. The molecule has 0 amide bonds. The molecule has 1 fully saturated rings. The van der Waals surface area contributed by atoms with E-state index in [1.165, 1.54) is 6.07 Å². The Morgan fingerprint density at radius 2 is 1.93 bits per heavy atom. The number of hydrogen-bond acceptors (Lipinski definition) is 8. The maximum atomic E-state index is 14.8. The first-order chi connectivity index (χ1) is 21.4. The second-order valence-corrected chi connectivity index (χ2v) is 11.0. The van der Waals surface area contributed by atoms with Crippen molar-refractivity contribution in [2.24, 2.45) is 7.05 Å². The van der Waals surface area contributed by atoms with Gasteiger partial charge in [0.15, 0.2) is 0 Å². The highest BCUT2D eigenvalue weighted by atomic mass is 19.1. The summed E-state index contributed by atoms with van der Waals surface area (Å²) >= 11 is 0. The topological polar surface area (TPSA) is 120 Å². The maximum Gasteiger partial charge on any atom is 0.335 e. The van der Waals surface area contributed by atoms with Crippen LogP contribution in [0.3, 0.4) is 0 Å². The van der Waals surface area contributed by atoms with E-state index in [1.807, 2.05) is 18.2 Å². The number of aryl methyl sites for hydroxylation is 1. The van der Waals surface area contributed by atoms with Crippen molar-refractivity contribution in [3.05, 3.63) is 89.3 Å². The Hall–Kier alpha value is -4.68. The number of carboxylic acids is 1. The highest BCUT2D eigenvalue weighted by molar-refractivity contribution is 5.92. The van der Waals surface area contributed by atoms with Gasteiger partial charge in [-0.3, -0.25) is 9.58 Å². The van der Waals surface area contributed by atoms with Crippen LogP contribution < -0.4 is 4.74 Å². The van der Waals surface area contributed by atoms with Gasteiger partial charge in [-0.05, 0) is 56.3 Å². The van der Waals surface area contributed by atoms with Crippen LogP contribution in [0.4, 0.5) is 4.39 Å². The number of imidazole rings is 1. The number of aromatic carboxylic acids is 1. The van der Waals surface area contributed by atoms with Crippen molar-refractivity contribution < 1.29 is 23.8 Å². The van der Waals surface area contributed by atoms with Gasteiger partial charge >= 0.3 is 5.97 Å². The van der Waals surface area contributed by atoms with Gasteiger partial charge in [0.05, 0.1) is 35.9 Å². The molecule has 4 heterocycles. The molecule has 0 radical (unpaired) electrons. The van der Waals surface area contributed by atoms with Crippen LogP contribution in [0.15, 0.2) is 60.8 Å². The standard InChI is InChI=1S/C32H34FN7O4/c1-38-18-28(36-37-38)22-6-7-24(25(33)16-22)20-44-31-5-3-4-26(35-31)21-10-12-39(13-11-21)19-30-34-27-9-8-23(32(41)42)17-29(27)40(30)14-15-43-2/h3-9,16-18,21H,10-15,19-20H2,1-2H3,(H,41,42). The molecule has 5 aromatic rings. The summed E-state index contributed by atoms with van der Waals surface area (Å²) in [4.78, 5) is 23.5. The van der Waals surface area contributed by atoms with Gasteiger partial charge in [-0.1, -0.05) is 23.4 Å². The van der Waals surface area contributed by atoms with Gasteiger partial charge in [0.25, 0.3) is 0 Å². The highest BCUT2D eigenvalue weighted by Crippen LogP contribution is 2.30. The van der Waals surface area contributed by atoms with Gasteiger partial charge in [0, 0.05) is 49.5 Å². The van der Waals surface area contributed by atoms with E-state index in [0.717, 1.165) is 48.5 Å². The van der Waals surface area contributed by atoms with Crippen LogP contribution in [0.5, 0.6) is 5.88 Å². The minimum atomic E-state index is -0.960. The summed E-state index contributed by atoms with van der Waals surface area (Å²) in [5.41, 5.74) is 4.49. The Kier molecular flexibility index (Phi) is 8.62. The van der Waals surface area contributed by atoms with E-state index in [1.54, 1.807) is 55.4 Å². The van der Waals surface area contributed by atoms with Crippen LogP contribution in [0.2, 0.25) is 0 Å². The SMILES string of the molecule is COCCn1c(CN2CCC(c3cccc(OCc4ccc(-c5cn(C)nn5)cc4F)n3)CC2)nc2ccc(C(=O)O)cc21. The molecule has 12 heteroatoms. The average molecular weight is 600 g/mol. The van der Waals surface area contributed by atoms with Crippen LogP contribution in [-0.2, 0) is 31.5 Å². The van der Waals surface area contributed by atoms with Crippen molar-refractivity contribution in [2.45, 2.75) is 38.5 Å². The molecule has 0 saturated carbocycles. The van der Waals surface area contributed by atoms with Crippen LogP contribution in [-0.4, -0.2) is 72.3 Å². The van der Waals surface area contributed by atoms with Gasteiger partial charge in [-0.15, -0.1) is 5.10 Å². The summed E-state index contributed by atoms with van der Waals surface area (Å²) in [6.45, 7) is 3.56. The highest BCUT2D eigenvalue weighted by Gasteiger charge is 2.24. The molecule has 0 atom stereocenters. The molecule has 0 aliphatic carbocycles. The predicted molar refractivity (Wildman–Crippen MR) is 161 cm³/mol. The van der Waals surface area contributed by atoms with Crippen molar-refractivity contribution >= 4 is 17.0 Å². The molecule has 228 valence electrons. The second kappa shape index (κ2) is 12.9. The number of ether oxygens (including phenoxy) is 2. The number of aromatic nitrogens is 6. The van der Waals surface area contributed by atoms with Crippen molar-refractivity contribution in [1.29, 1.82) is 0 Å². The fraction of sp³-hybridized carbons (Fsp3) is 0.344. The lowest BCUT2D eigenvalue weighted by molar-refractivity contribution is 0.0697. The van der Waals surface area contributed by atoms with E-state index in [-0.39, 0.29) is 23.9 Å². The van der Waals surface area contributed by atoms with Gasteiger partial charge in [-0.2, -0.15) is 0 Å². The minimum absolute atomic E-state index is 0.0690. The van der Waals surface area contributed by atoms with Crippen LogP contribution in [0, 0.1) is 5.82 Å². The molecule has 6 rings (SSSR count). The Labute approximate surface area is 253 Å². The number of carbonyl (C=O) groups is 1. The summed E-state index contributed by atoms with van der Waals surface area (Å²) in [6.07, 6.45) is 3.59. The van der Waals surface area contributed by atoms with E-state index in [9.17, 15) is 14.3 Å². The van der Waals surface area contributed by atoms with Gasteiger partial charge in [0.2, 0.25) is 5.88 Å². The van der Waals surface area contributed by atoms with E-state index in [4.69, 9.17) is 19.4 Å². The summed E-state index contributed by atoms with van der Waals surface area (Å²) < 4.78 is 29.7. The molecular formula is C32H34FN7O4.